The van der Waals surface area contributed by atoms with Crippen LogP contribution in [0.1, 0.15) is 36.0 Å². The second kappa shape index (κ2) is 6.68. The molecule has 0 bridgehead atoms. The first-order chi connectivity index (χ1) is 9.15. The topological polar surface area (TPSA) is 66.1 Å². The quantitative estimate of drug-likeness (QED) is 0.441. The Balaban J connectivity index is 1.76. The lowest BCUT2D eigenvalue weighted by atomic mass is 10.3. The summed E-state index contributed by atoms with van der Waals surface area (Å²) < 4.78 is 0. The van der Waals surface area contributed by atoms with Crippen LogP contribution >= 0.6 is 23.8 Å². The molecule has 5 nitrogen and oxygen atoms in total. The number of rotatable bonds is 2. The zero-order valence-electron chi connectivity index (χ0n) is 10.3. The van der Waals surface area contributed by atoms with Crippen molar-refractivity contribution < 1.29 is 4.79 Å². The molecule has 0 spiro atoms. The first-order valence-corrected chi connectivity index (χ1v) is 6.92. The summed E-state index contributed by atoms with van der Waals surface area (Å²) in [5.41, 5.74) is 5.62. The summed E-state index contributed by atoms with van der Waals surface area (Å²) in [7, 11) is 0. The Hall–Kier alpha value is -1.40. The van der Waals surface area contributed by atoms with Gasteiger partial charge in [0.2, 0.25) is 0 Å². The minimum absolute atomic E-state index is 0.306. The lowest BCUT2D eigenvalue weighted by Gasteiger charge is -2.16. The molecule has 0 atom stereocenters. The Morgan fingerprint density at radius 3 is 2.68 bits per heavy atom. The fraction of sp³-hybridized carbons (Fsp3) is 0.417. The van der Waals surface area contributed by atoms with E-state index in [-0.39, 0.29) is 5.91 Å². The van der Waals surface area contributed by atoms with Crippen LogP contribution in [-0.2, 0) is 0 Å². The Morgan fingerprint density at radius 1 is 1.32 bits per heavy atom. The van der Waals surface area contributed by atoms with E-state index in [1.54, 1.807) is 12.1 Å². The van der Waals surface area contributed by atoms with Gasteiger partial charge in [0, 0.05) is 12.2 Å². The molecular formula is C12H15ClN4OS. The predicted molar refractivity (Wildman–Crippen MR) is 77.8 cm³/mol. The molecule has 7 heteroatoms. The number of carbonyl (C=O) groups excluding carboxylic acids is 1. The van der Waals surface area contributed by atoms with Crippen molar-refractivity contribution in [1.29, 1.82) is 0 Å². The first-order valence-electron chi connectivity index (χ1n) is 6.13. The molecule has 1 aromatic heterocycles. The molecule has 19 heavy (non-hydrogen) atoms. The summed E-state index contributed by atoms with van der Waals surface area (Å²) in [4.78, 5) is 15.6. The number of hydrogen-bond donors (Lipinski definition) is 3. The van der Waals surface area contributed by atoms with Crippen molar-refractivity contribution in [2.45, 2.75) is 31.7 Å². The van der Waals surface area contributed by atoms with E-state index in [1.807, 2.05) is 0 Å². The zero-order valence-corrected chi connectivity index (χ0v) is 11.9. The second-order valence-electron chi connectivity index (χ2n) is 4.40. The molecule has 1 fully saturated rings. The van der Waals surface area contributed by atoms with Gasteiger partial charge in [-0.1, -0.05) is 24.4 Å². The summed E-state index contributed by atoms with van der Waals surface area (Å²) in [5, 5.41) is 3.95. The van der Waals surface area contributed by atoms with Gasteiger partial charge in [-0.25, -0.2) is 4.98 Å². The number of halogens is 1. The fourth-order valence-electron chi connectivity index (χ4n) is 1.99. The van der Waals surface area contributed by atoms with Crippen molar-refractivity contribution in [1.82, 2.24) is 21.2 Å². The van der Waals surface area contributed by atoms with Gasteiger partial charge in [-0.3, -0.25) is 15.6 Å². The third kappa shape index (κ3) is 4.33. The third-order valence-corrected chi connectivity index (χ3v) is 3.41. The van der Waals surface area contributed by atoms with E-state index < -0.39 is 0 Å². The van der Waals surface area contributed by atoms with Gasteiger partial charge in [0.1, 0.15) is 5.15 Å². The monoisotopic (exact) mass is 298 g/mol. The summed E-state index contributed by atoms with van der Waals surface area (Å²) in [6.07, 6.45) is 6.10. The smallest absolute Gasteiger partial charge is 0.271 e. The fourth-order valence-corrected chi connectivity index (χ4v) is 2.32. The van der Waals surface area contributed by atoms with Crippen molar-refractivity contribution in [2.24, 2.45) is 0 Å². The molecule has 0 saturated heterocycles. The Bertz CT molecular complexity index is 459. The maximum atomic E-state index is 11.8. The van der Waals surface area contributed by atoms with Crippen molar-refractivity contribution in [2.75, 3.05) is 0 Å². The minimum atomic E-state index is -0.306. The van der Waals surface area contributed by atoms with E-state index >= 15 is 0 Å². The highest BCUT2D eigenvalue weighted by Crippen LogP contribution is 2.17. The number of nitrogens with one attached hydrogen (secondary N) is 3. The summed E-state index contributed by atoms with van der Waals surface area (Å²) >= 11 is 10.8. The SMILES string of the molecule is O=C(NNC(=S)NC1CCCC1)c1ccc(Cl)nc1. The molecule has 2 rings (SSSR count). The molecule has 0 aliphatic heterocycles. The molecule has 1 saturated carbocycles. The zero-order chi connectivity index (χ0) is 13.7. The average molecular weight is 299 g/mol. The van der Waals surface area contributed by atoms with E-state index in [4.69, 9.17) is 23.8 Å². The van der Waals surface area contributed by atoms with Gasteiger partial charge in [0.05, 0.1) is 5.56 Å². The molecule has 1 aromatic rings. The molecule has 102 valence electrons. The van der Waals surface area contributed by atoms with Gasteiger partial charge in [0.15, 0.2) is 5.11 Å². The number of thiocarbonyl (C=S) groups is 1. The summed E-state index contributed by atoms with van der Waals surface area (Å²) in [6, 6.07) is 3.57. The van der Waals surface area contributed by atoms with Crippen molar-refractivity contribution in [3.05, 3.63) is 29.0 Å². The van der Waals surface area contributed by atoms with Gasteiger partial charge in [0.25, 0.3) is 5.91 Å². The third-order valence-electron chi connectivity index (χ3n) is 2.97. The number of carbonyl (C=O) groups is 1. The van der Waals surface area contributed by atoms with Crippen LogP contribution in [0.15, 0.2) is 18.3 Å². The van der Waals surface area contributed by atoms with E-state index in [1.165, 1.54) is 19.0 Å². The van der Waals surface area contributed by atoms with E-state index in [0.717, 1.165) is 12.8 Å². The Labute approximate surface area is 122 Å². The van der Waals surface area contributed by atoms with Gasteiger partial charge >= 0.3 is 0 Å². The average Bonchev–Trinajstić information content (AvgIpc) is 2.89. The normalized spacial score (nSPS) is 15.0. The van der Waals surface area contributed by atoms with Gasteiger partial charge in [-0.2, -0.15) is 0 Å². The first kappa shape index (κ1) is 14.0. The van der Waals surface area contributed by atoms with Gasteiger partial charge < -0.3 is 5.32 Å². The van der Waals surface area contributed by atoms with Gasteiger partial charge in [-0.15, -0.1) is 0 Å². The minimum Gasteiger partial charge on any atom is -0.359 e. The molecule has 1 aliphatic carbocycles. The van der Waals surface area contributed by atoms with Crippen LogP contribution in [0.4, 0.5) is 0 Å². The molecule has 0 unspecified atom stereocenters. The van der Waals surface area contributed by atoms with Gasteiger partial charge in [-0.05, 0) is 37.2 Å². The lowest BCUT2D eigenvalue weighted by Crippen LogP contribution is -2.49. The van der Waals surface area contributed by atoms with E-state index in [9.17, 15) is 4.79 Å². The van der Waals surface area contributed by atoms with E-state index in [0.29, 0.717) is 21.9 Å². The largest absolute Gasteiger partial charge is 0.359 e. The second-order valence-corrected chi connectivity index (χ2v) is 5.20. The molecule has 0 radical (unpaired) electrons. The molecular weight excluding hydrogens is 284 g/mol. The Morgan fingerprint density at radius 2 is 2.05 bits per heavy atom. The maximum absolute atomic E-state index is 11.8. The highest BCUT2D eigenvalue weighted by Gasteiger charge is 2.15. The highest BCUT2D eigenvalue weighted by atomic mass is 35.5. The molecule has 3 N–H and O–H groups in total. The molecule has 1 aliphatic rings. The predicted octanol–water partition coefficient (Wildman–Crippen LogP) is 1.79. The van der Waals surface area contributed by atoms with Crippen LogP contribution < -0.4 is 16.2 Å². The Kier molecular flexibility index (Phi) is 4.93. The van der Waals surface area contributed by atoms with Crippen LogP contribution in [0.25, 0.3) is 0 Å². The van der Waals surface area contributed by atoms with Crippen LogP contribution in [0, 0.1) is 0 Å². The van der Waals surface area contributed by atoms with Crippen molar-refractivity contribution in [3.63, 3.8) is 0 Å². The maximum Gasteiger partial charge on any atom is 0.271 e. The molecule has 0 aromatic carbocycles. The molecule has 1 amide bonds. The van der Waals surface area contributed by atoms with Crippen LogP contribution in [-0.4, -0.2) is 22.0 Å². The van der Waals surface area contributed by atoms with Crippen LogP contribution in [0.5, 0.6) is 0 Å². The number of aromatic nitrogens is 1. The number of hydrazine groups is 1. The number of pyridine rings is 1. The summed E-state index contributed by atoms with van der Waals surface area (Å²) in [6.45, 7) is 0. The lowest BCUT2D eigenvalue weighted by molar-refractivity contribution is 0.0943. The summed E-state index contributed by atoms with van der Waals surface area (Å²) in [5.74, 6) is -0.306. The van der Waals surface area contributed by atoms with Crippen molar-refractivity contribution >= 4 is 34.8 Å². The highest BCUT2D eigenvalue weighted by molar-refractivity contribution is 7.80. The number of hydrogen-bond acceptors (Lipinski definition) is 3. The van der Waals surface area contributed by atoms with Crippen molar-refractivity contribution in [3.8, 4) is 0 Å². The number of nitrogens with zero attached hydrogens (tertiary/aromatic N) is 1. The van der Waals surface area contributed by atoms with E-state index in [2.05, 4.69) is 21.2 Å². The van der Waals surface area contributed by atoms with Crippen LogP contribution in [0.3, 0.4) is 0 Å². The van der Waals surface area contributed by atoms with Crippen LogP contribution in [0.2, 0.25) is 5.15 Å². The number of amides is 1. The standard InChI is InChI=1S/C12H15ClN4OS/c13-10-6-5-8(7-14-10)11(18)16-17-12(19)15-9-3-1-2-4-9/h5-7,9H,1-4H2,(H,16,18)(H2,15,17,19). The molecule has 1 heterocycles.